The molecule has 1 saturated heterocycles. The zero-order valence-electron chi connectivity index (χ0n) is 12.5. The van der Waals surface area contributed by atoms with Crippen molar-refractivity contribution in [1.82, 2.24) is 4.90 Å². The third kappa shape index (κ3) is 2.70. The number of anilines is 1. The number of carboxylic acids is 1. The van der Waals surface area contributed by atoms with Crippen molar-refractivity contribution in [3.63, 3.8) is 0 Å². The Morgan fingerprint density at radius 3 is 2.57 bits per heavy atom. The summed E-state index contributed by atoms with van der Waals surface area (Å²) in [5.41, 5.74) is -0.0700. The number of hydrogen-bond donors (Lipinski definition) is 2. The van der Waals surface area contributed by atoms with Crippen LogP contribution in [0.4, 0.5) is 5.69 Å². The molecule has 0 radical (unpaired) electrons. The number of methoxy groups -OCH3 is 1. The first-order valence-corrected chi connectivity index (χ1v) is 7.45. The predicted molar refractivity (Wildman–Crippen MR) is 80.8 cm³/mol. The van der Waals surface area contributed by atoms with Crippen LogP contribution in [0.3, 0.4) is 0 Å². The number of carbonyl (C=O) groups is 1. The van der Waals surface area contributed by atoms with Crippen LogP contribution in [0.15, 0.2) is 24.3 Å². The van der Waals surface area contributed by atoms with Gasteiger partial charge in [-0.15, -0.1) is 0 Å². The Morgan fingerprint density at radius 2 is 2.05 bits per heavy atom. The molecule has 2 atom stereocenters. The van der Waals surface area contributed by atoms with Gasteiger partial charge in [0.25, 0.3) is 0 Å². The Labute approximate surface area is 124 Å². The van der Waals surface area contributed by atoms with Gasteiger partial charge in [0.05, 0.1) is 7.11 Å². The van der Waals surface area contributed by atoms with E-state index in [-0.39, 0.29) is 0 Å². The number of benzene rings is 1. The number of carboxylic acid groups (broad SMARTS) is 1. The molecule has 2 fully saturated rings. The molecule has 1 aliphatic carbocycles. The summed E-state index contributed by atoms with van der Waals surface area (Å²) in [6.45, 7) is 2.69. The molecular weight excluding hydrogens is 268 g/mol. The highest BCUT2D eigenvalue weighted by molar-refractivity contribution is 5.84. The van der Waals surface area contributed by atoms with Crippen molar-refractivity contribution in [3.8, 4) is 5.75 Å². The van der Waals surface area contributed by atoms with E-state index in [0.717, 1.165) is 11.4 Å². The second-order valence-electron chi connectivity index (χ2n) is 6.20. The average molecular weight is 290 g/mol. The van der Waals surface area contributed by atoms with Crippen LogP contribution in [-0.4, -0.2) is 47.3 Å². The average Bonchev–Trinajstić information content (AvgIpc) is 3.25. The van der Waals surface area contributed by atoms with E-state index in [1.165, 1.54) is 12.8 Å². The fourth-order valence-electron chi connectivity index (χ4n) is 3.30. The van der Waals surface area contributed by atoms with Crippen LogP contribution in [-0.2, 0) is 4.79 Å². The van der Waals surface area contributed by atoms with Crippen LogP contribution >= 0.6 is 0 Å². The first-order valence-electron chi connectivity index (χ1n) is 7.45. The van der Waals surface area contributed by atoms with Gasteiger partial charge in [0.1, 0.15) is 11.3 Å². The van der Waals surface area contributed by atoms with E-state index >= 15 is 0 Å². The maximum absolute atomic E-state index is 11.9. The van der Waals surface area contributed by atoms with Gasteiger partial charge in [0.15, 0.2) is 0 Å². The molecule has 2 N–H and O–H groups in total. The molecule has 5 heteroatoms. The fourth-order valence-corrected chi connectivity index (χ4v) is 3.30. The van der Waals surface area contributed by atoms with Gasteiger partial charge in [-0.2, -0.15) is 0 Å². The van der Waals surface area contributed by atoms with Crippen LogP contribution in [0.25, 0.3) is 0 Å². The fraction of sp³-hybridized carbons (Fsp3) is 0.562. The lowest BCUT2D eigenvalue weighted by Gasteiger charge is -2.27. The highest BCUT2D eigenvalue weighted by Crippen LogP contribution is 2.39. The standard InChI is InChI=1S/C16H22N2O3/c1-11-9-16(15(19)20,10-18(11)13-5-6-13)17-12-3-7-14(21-2)8-4-12/h3-4,7-8,11,13,17H,5-6,9-10H2,1-2H3,(H,19,20). The molecule has 1 saturated carbocycles. The number of aliphatic carboxylic acids is 1. The molecule has 0 aromatic heterocycles. The van der Waals surface area contributed by atoms with Crippen molar-refractivity contribution in [2.24, 2.45) is 0 Å². The number of likely N-dealkylation sites (tertiary alicyclic amines) is 1. The third-order valence-electron chi connectivity index (χ3n) is 4.56. The summed E-state index contributed by atoms with van der Waals surface area (Å²) in [6.07, 6.45) is 3.02. The number of hydrogen-bond acceptors (Lipinski definition) is 4. The zero-order chi connectivity index (χ0) is 15.0. The van der Waals surface area contributed by atoms with Gasteiger partial charge < -0.3 is 15.2 Å². The first kappa shape index (κ1) is 14.2. The topological polar surface area (TPSA) is 61.8 Å². The van der Waals surface area contributed by atoms with Gasteiger partial charge >= 0.3 is 5.97 Å². The van der Waals surface area contributed by atoms with E-state index < -0.39 is 11.5 Å². The smallest absolute Gasteiger partial charge is 0.330 e. The van der Waals surface area contributed by atoms with E-state index in [2.05, 4.69) is 17.1 Å². The number of nitrogens with one attached hydrogen (secondary N) is 1. The quantitative estimate of drug-likeness (QED) is 0.870. The number of rotatable bonds is 5. The summed E-state index contributed by atoms with van der Waals surface area (Å²) in [6, 6.07) is 8.31. The Bertz CT molecular complexity index is 527. The van der Waals surface area contributed by atoms with Crippen molar-refractivity contribution in [1.29, 1.82) is 0 Å². The summed E-state index contributed by atoms with van der Waals surface area (Å²) < 4.78 is 5.13. The molecule has 1 aromatic carbocycles. The lowest BCUT2D eigenvalue weighted by atomic mass is 9.96. The molecule has 114 valence electrons. The molecule has 1 aliphatic heterocycles. The van der Waals surface area contributed by atoms with Gasteiger partial charge in [-0.1, -0.05) is 0 Å². The predicted octanol–water partition coefficient (Wildman–Crippen LogP) is 2.19. The van der Waals surface area contributed by atoms with Crippen LogP contribution in [0.1, 0.15) is 26.2 Å². The first-order chi connectivity index (χ1) is 10.0. The minimum Gasteiger partial charge on any atom is -0.497 e. The van der Waals surface area contributed by atoms with Gasteiger partial charge in [-0.05, 0) is 50.5 Å². The molecule has 0 amide bonds. The van der Waals surface area contributed by atoms with Crippen molar-refractivity contribution < 1.29 is 14.6 Å². The molecule has 0 bridgehead atoms. The van der Waals surface area contributed by atoms with Gasteiger partial charge in [-0.3, -0.25) is 4.90 Å². The Kier molecular flexibility index (Phi) is 3.53. The number of ether oxygens (including phenoxy) is 1. The monoisotopic (exact) mass is 290 g/mol. The van der Waals surface area contributed by atoms with Crippen LogP contribution < -0.4 is 10.1 Å². The highest BCUT2D eigenvalue weighted by atomic mass is 16.5. The van der Waals surface area contributed by atoms with E-state index in [1.54, 1.807) is 7.11 Å². The Morgan fingerprint density at radius 1 is 1.38 bits per heavy atom. The molecule has 5 nitrogen and oxygen atoms in total. The summed E-state index contributed by atoms with van der Waals surface area (Å²) in [5.74, 6) is -0.00219. The lowest BCUT2D eigenvalue weighted by Crippen LogP contribution is -2.49. The minimum absolute atomic E-state index is 0.305. The maximum Gasteiger partial charge on any atom is 0.330 e. The number of nitrogens with zero attached hydrogens (tertiary/aromatic N) is 1. The van der Waals surface area contributed by atoms with Crippen LogP contribution in [0.2, 0.25) is 0 Å². The van der Waals surface area contributed by atoms with E-state index in [1.807, 2.05) is 24.3 Å². The molecule has 1 heterocycles. The maximum atomic E-state index is 11.9. The van der Waals surface area contributed by atoms with Crippen LogP contribution in [0, 0.1) is 0 Å². The van der Waals surface area contributed by atoms with Crippen LogP contribution in [0.5, 0.6) is 5.75 Å². The second kappa shape index (κ2) is 5.22. The summed E-state index contributed by atoms with van der Waals surface area (Å²) in [5, 5.41) is 13.0. The van der Waals surface area contributed by atoms with E-state index in [4.69, 9.17) is 4.74 Å². The van der Waals surface area contributed by atoms with Gasteiger partial charge in [0, 0.05) is 24.3 Å². The van der Waals surface area contributed by atoms with E-state index in [9.17, 15) is 9.90 Å². The van der Waals surface area contributed by atoms with Crippen molar-refractivity contribution in [2.75, 3.05) is 19.0 Å². The van der Waals surface area contributed by atoms with Crippen molar-refractivity contribution in [2.45, 2.75) is 43.8 Å². The molecule has 2 aliphatic rings. The van der Waals surface area contributed by atoms with Crippen molar-refractivity contribution in [3.05, 3.63) is 24.3 Å². The van der Waals surface area contributed by atoms with E-state index in [0.29, 0.717) is 25.0 Å². The molecule has 3 rings (SSSR count). The Balaban J connectivity index is 1.79. The van der Waals surface area contributed by atoms with Crippen molar-refractivity contribution >= 4 is 11.7 Å². The van der Waals surface area contributed by atoms with Gasteiger partial charge in [-0.25, -0.2) is 4.79 Å². The molecule has 0 spiro atoms. The largest absolute Gasteiger partial charge is 0.497 e. The molecular formula is C16H22N2O3. The SMILES string of the molecule is COc1ccc(NC2(C(=O)O)CC(C)N(C3CC3)C2)cc1. The summed E-state index contributed by atoms with van der Waals surface area (Å²) >= 11 is 0. The zero-order valence-corrected chi connectivity index (χ0v) is 12.5. The second-order valence-corrected chi connectivity index (χ2v) is 6.20. The summed E-state index contributed by atoms with van der Waals surface area (Å²) in [4.78, 5) is 14.2. The molecule has 2 unspecified atom stereocenters. The molecule has 21 heavy (non-hydrogen) atoms. The third-order valence-corrected chi connectivity index (χ3v) is 4.56. The summed E-state index contributed by atoms with van der Waals surface area (Å²) in [7, 11) is 1.62. The van der Waals surface area contributed by atoms with Gasteiger partial charge in [0.2, 0.25) is 0 Å². The lowest BCUT2D eigenvalue weighted by molar-refractivity contribution is -0.141. The minimum atomic E-state index is -0.892. The molecule has 1 aromatic rings. The highest BCUT2D eigenvalue weighted by Gasteiger charge is 2.51. The normalized spacial score (nSPS) is 29.3. The Hall–Kier alpha value is -1.75.